The average molecular weight is 225 g/mol. The Balaban J connectivity index is 2.48. The zero-order valence-corrected chi connectivity index (χ0v) is 10.1. The van der Waals surface area contributed by atoms with Crippen LogP contribution in [0.3, 0.4) is 0 Å². The highest BCUT2D eigenvalue weighted by Gasteiger charge is 2.06. The number of benzene rings is 1. The van der Waals surface area contributed by atoms with E-state index >= 15 is 0 Å². The van der Waals surface area contributed by atoms with E-state index in [1.165, 1.54) is 16.5 Å². The van der Waals surface area contributed by atoms with Crippen LogP contribution in [0.2, 0.25) is 0 Å². The number of imidazole rings is 1. The van der Waals surface area contributed by atoms with Crippen LogP contribution < -0.4 is 5.73 Å². The van der Waals surface area contributed by atoms with Gasteiger partial charge in [0.1, 0.15) is 5.65 Å². The number of fused-ring (bicyclic) bond motifs is 3. The van der Waals surface area contributed by atoms with Crippen molar-refractivity contribution in [3.05, 3.63) is 47.3 Å². The van der Waals surface area contributed by atoms with Gasteiger partial charge in [-0.1, -0.05) is 6.07 Å². The van der Waals surface area contributed by atoms with Gasteiger partial charge in [-0.05, 0) is 43.2 Å². The quantitative estimate of drug-likeness (QED) is 0.691. The molecule has 0 aliphatic rings. The van der Waals surface area contributed by atoms with Crippen LogP contribution in [0, 0.1) is 13.8 Å². The zero-order chi connectivity index (χ0) is 12.0. The van der Waals surface area contributed by atoms with Crippen molar-refractivity contribution in [3.8, 4) is 0 Å². The van der Waals surface area contributed by atoms with Gasteiger partial charge in [0.25, 0.3) is 0 Å². The molecular weight excluding hydrogens is 210 g/mol. The molecule has 2 aromatic heterocycles. The topological polar surface area (TPSA) is 43.3 Å². The maximum atomic E-state index is 5.69. The normalized spacial score (nSPS) is 11.5. The maximum Gasteiger partial charge on any atom is 0.137 e. The number of hydrogen-bond acceptors (Lipinski definition) is 2. The molecule has 17 heavy (non-hydrogen) atoms. The van der Waals surface area contributed by atoms with Gasteiger partial charge in [0, 0.05) is 18.1 Å². The fourth-order valence-corrected chi connectivity index (χ4v) is 2.32. The fraction of sp³-hybridized carbons (Fsp3) is 0.214. The van der Waals surface area contributed by atoms with Gasteiger partial charge < -0.3 is 5.73 Å². The number of aromatic nitrogens is 2. The molecule has 0 unspecified atom stereocenters. The molecule has 0 amide bonds. The van der Waals surface area contributed by atoms with E-state index in [1.54, 1.807) is 0 Å². The van der Waals surface area contributed by atoms with Crippen LogP contribution in [-0.4, -0.2) is 9.38 Å². The Morgan fingerprint density at radius 1 is 1.24 bits per heavy atom. The minimum atomic E-state index is 0.580. The Bertz CT molecular complexity index is 710. The second kappa shape index (κ2) is 3.57. The summed E-state index contributed by atoms with van der Waals surface area (Å²) in [5.41, 5.74) is 11.3. The molecule has 1 aromatic carbocycles. The van der Waals surface area contributed by atoms with E-state index in [9.17, 15) is 0 Å². The number of nitrogens with zero attached hydrogens (tertiary/aromatic N) is 2. The third-order valence-electron chi connectivity index (χ3n) is 3.18. The predicted octanol–water partition coefficient (Wildman–Crippen LogP) is 2.56. The van der Waals surface area contributed by atoms with Crippen molar-refractivity contribution in [1.82, 2.24) is 9.38 Å². The van der Waals surface area contributed by atoms with Crippen LogP contribution in [0.25, 0.3) is 16.6 Å². The molecule has 0 spiro atoms. The highest BCUT2D eigenvalue weighted by molar-refractivity contribution is 5.86. The fourth-order valence-electron chi connectivity index (χ4n) is 2.32. The van der Waals surface area contributed by atoms with Crippen molar-refractivity contribution in [2.24, 2.45) is 5.73 Å². The smallest absolute Gasteiger partial charge is 0.137 e. The molecule has 2 N–H and O–H groups in total. The van der Waals surface area contributed by atoms with Crippen LogP contribution in [0.4, 0.5) is 0 Å². The maximum absolute atomic E-state index is 5.69. The average Bonchev–Trinajstić information content (AvgIpc) is 2.69. The van der Waals surface area contributed by atoms with Crippen LogP contribution in [0.1, 0.15) is 16.8 Å². The largest absolute Gasteiger partial charge is 0.326 e. The zero-order valence-electron chi connectivity index (χ0n) is 10.1. The molecular formula is C14H15N3. The Morgan fingerprint density at radius 2 is 2.06 bits per heavy atom. The Morgan fingerprint density at radius 3 is 2.82 bits per heavy atom. The molecule has 0 saturated carbocycles. The van der Waals surface area contributed by atoms with Crippen LogP contribution >= 0.6 is 0 Å². The molecule has 0 bridgehead atoms. The minimum absolute atomic E-state index is 0.580. The van der Waals surface area contributed by atoms with Gasteiger partial charge in [0.2, 0.25) is 0 Å². The first-order valence-electron chi connectivity index (χ1n) is 5.77. The van der Waals surface area contributed by atoms with Gasteiger partial charge >= 0.3 is 0 Å². The lowest BCUT2D eigenvalue weighted by molar-refractivity contribution is 1.07. The van der Waals surface area contributed by atoms with Crippen molar-refractivity contribution >= 4 is 16.6 Å². The first-order chi connectivity index (χ1) is 8.19. The molecule has 3 aromatic rings. The summed E-state index contributed by atoms with van der Waals surface area (Å²) in [5.74, 6) is 0. The van der Waals surface area contributed by atoms with E-state index in [2.05, 4.69) is 46.8 Å². The van der Waals surface area contributed by atoms with E-state index < -0.39 is 0 Å². The first kappa shape index (κ1) is 10.3. The summed E-state index contributed by atoms with van der Waals surface area (Å²) in [6, 6.07) is 8.49. The third-order valence-corrected chi connectivity index (χ3v) is 3.18. The van der Waals surface area contributed by atoms with Crippen molar-refractivity contribution in [3.63, 3.8) is 0 Å². The van der Waals surface area contributed by atoms with Gasteiger partial charge in [-0.25, -0.2) is 4.98 Å². The summed E-state index contributed by atoms with van der Waals surface area (Å²) in [7, 11) is 0. The lowest BCUT2D eigenvalue weighted by Gasteiger charge is -2.07. The van der Waals surface area contributed by atoms with Crippen molar-refractivity contribution in [2.45, 2.75) is 20.4 Å². The first-order valence-corrected chi connectivity index (χ1v) is 5.77. The summed E-state index contributed by atoms with van der Waals surface area (Å²) in [5, 5.41) is 1.25. The van der Waals surface area contributed by atoms with Gasteiger partial charge in [-0.15, -0.1) is 0 Å². The molecule has 0 aliphatic heterocycles. The second-order valence-electron chi connectivity index (χ2n) is 4.49. The number of aryl methyl sites for hydroxylation is 2. The highest BCUT2D eigenvalue weighted by Crippen LogP contribution is 2.22. The molecule has 0 radical (unpaired) electrons. The number of nitrogens with two attached hydrogens (primary N) is 1. The standard InChI is InChI=1S/C14H15N3/c1-9-5-14-16-10(2)8-17(14)13-4-3-11(7-15)6-12(9)13/h3-6,8H,7,15H2,1-2H3. The van der Waals surface area contributed by atoms with Gasteiger partial charge in [0.15, 0.2) is 0 Å². The minimum Gasteiger partial charge on any atom is -0.326 e. The summed E-state index contributed by atoms with van der Waals surface area (Å²) >= 11 is 0. The molecule has 2 heterocycles. The van der Waals surface area contributed by atoms with Crippen molar-refractivity contribution in [1.29, 1.82) is 0 Å². The van der Waals surface area contributed by atoms with Crippen molar-refractivity contribution in [2.75, 3.05) is 0 Å². The summed E-state index contributed by atoms with van der Waals surface area (Å²) in [4.78, 5) is 4.50. The number of rotatable bonds is 1. The number of pyridine rings is 1. The lowest BCUT2D eigenvalue weighted by atomic mass is 10.1. The molecule has 0 aliphatic carbocycles. The van der Waals surface area contributed by atoms with E-state index in [1.807, 2.05) is 6.92 Å². The molecule has 0 fully saturated rings. The van der Waals surface area contributed by atoms with Crippen molar-refractivity contribution < 1.29 is 0 Å². The van der Waals surface area contributed by atoms with E-state index in [-0.39, 0.29) is 0 Å². The molecule has 0 saturated heterocycles. The summed E-state index contributed by atoms with van der Waals surface area (Å²) < 4.78 is 2.14. The third kappa shape index (κ3) is 1.51. The van der Waals surface area contributed by atoms with E-state index in [0.29, 0.717) is 6.54 Å². The molecule has 0 atom stereocenters. The molecule has 3 nitrogen and oxygen atoms in total. The van der Waals surface area contributed by atoms with Gasteiger partial charge in [0.05, 0.1) is 11.2 Å². The van der Waals surface area contributed by atoms with Crippen LogP contribution in [-0.2, 0) is 6.54 Å². The predicted molar refractivity (Wildman–Crippen MR) is 70.1 cm³/mol. The lowest BCUT2D eigenvalue weighted by Crippen LogP contribution is -1.97. The van der Waals surface area contributed by atoms with Crippen LogP contribution in [0.5, 0.6) is 0 Å². The Kier molecular flexibility index (Phi) is 2.16. The van der Waals surface area contributed by atoms with E-state index in [4.69, 9.17) is 5.73 Å². The monoisotopic (exact) mass is 225 g/mol. The SMILES string of the molecule is Cc1cn2c(cc(C)c3cc(CN)ccc32)n1. The Hall–Kier alpha value is -1.87. The van der Waals surface area contributed by atoms with Gasteiger partial charge in [-0.2, -0.15) is 0 Å². The summed E-state index contributed by atoms with van der Waals surface area (Å²) in [6.45, 7) is 4.71. The highest BCUT2D eigenvalue weighted by atomic mass is 15.0. The molecule has 3 rings (SSSR count). The van der Waals surface area contributed by atoms with Gasteiger partial charge in [-0.3, -0.25) is 4.40 Å². The Labute approximate surface area is 99.9 Å². The molecule has 3 heteroatoms. The molecule has 86 valence electrons. The summed E-state index contributed by atoms with van der Waals surface area (Å²) in [6.07, 6.45) is 2.07. The number of hydrogen-bond donors (Lipinski definition) is 1. The second-order valence-corrected chi connectivity index (χ2v) is 4.49. The van der Waals surface area contributed by atoms with Crippen LogP contribution in [0.15, 0.2) is 30.5 Å². The van der Waals surface area contributed by atoms with E-state index in [0.717, 1.165) is 16.9 Å².